The van der Waals surface area contributed by atoms with E-state index < -0.39 is 17.8 Å². The molecule has 1 aliphatic rings. The number of nitrogens with one attached hydrogen (secondary N) is 1. The summed E-state index contributed by atoms with van der Waals surface area (Å²) in [6.45, 7) is 4.68. The summed E-state index contributed by atoms with van der Waals surface area (Å²) in [5.74, 6) is -0.446. The highest BCUT2D eigenvalue weighted by atomic mass is 32.1. The van der Waals surface area contributed by atoms with E-state index in [0.29, 0.717) is 52.4 Å². The number of aryl methyl sites for hydroxylation is 1. The summed E-state index contributed by atoms with van der Waals surface area (Å²) in [6.07, 6.45) is -2.72. The predicted octanol–water partition coefficient (Wildman–Crippen LogP) is 3.49. The molecule has 8 nitrogen and oxygen atoms in total. The number of alkyl halides is 3. The van der Waals surface area contributed by atoms with E-state index in [-0.39, 0.29) is 12.3 Å². The van der Waals surface area contributed by atoms with Crippen molar-refractivity contribution in [2.24, 2.45) is 0 Å². The van der Waals surface area contributed by atoms with Crippen LogP contribution in [0.15, 0.2) is 36.7 Å². The van der Waals surface area contributed by atoms with E-state index in [2.05, 4.69) is 24.6 Å². The molecule has 0 unspecified atom stereocenters. The molecule has 1 saturated heterocycles. The number of nitrogens with zero attached hydrogens (tertiary/aromatic N) is 5. The molecule has 3 aromatic rings. The van der Waals surface area contributed by atoms with Gasteiger partial charge in [-0.15, -0.1) is 0 Å². The first-order valence-electron chi connectivity index (χ1n) is 10.8. The fourth-order valence-corrected chi connectivity index (χ4v) is 4.55. The van der Waals surface area contributed by atoms with Crippen molar-refractivity contribution in [3.8, 4) is 0 Å². The minimum absolute atomic E-state index is 0.0474. The van der Waals surface area contributed by atoms with Crippen molar-refractivity contribution in [1.82, 2.24) is 24.1 Å². The number of aromatic nitrogens is 3. The van der Waals surface area contributed by atoms with Crippen LogP contribution in [0, 0.1) is 6.92 Å². The number of carbonyl (C=O) groups excluding carboxylic acids is 2. The van der Waals surface area contributed by atoms with Crippen molar-refractivity contribution in [2.45, 2.75) is 19.5 Å². The molecule has 12 heteroatoms. The van der Waals surface area contributed by atoms with Crippen LogP contribution in [0.3, 0.4) is 0 Å². The summed E-state index contributed by atoms with van der Waals surface area (Å²) in [4.78, 5) is 37.5. The Morgan fingerprint density at radius 2 is 1.74 bits per heavy atom. The monoisotopic (exact) mass is 504 g/mol. The number of benzene rings is 1. The van der Waals surface area contributed by atoms with Crippen LogP contribution in [-0.2, 0) is 12.6 Å². The lowest BCUT2D eigenvalue weighted by atomic mass is 10.1. The normalized spacial score (nSPS) is 14.7. The molecule has 1 fully saturated rings. The van der Waals surface area contributed by atoms with E-state index in [1.807, 2.05) is 11.9 Å². The van der Waals surface area contributed by atoms with E-state index >= 15 is 0 Å². The van der Waals surface area contributed by atoms with Crippen molar-refractivity contribution in [3.05, 3.63) is 69.7 Å². The zero-order valence-electron chi connectivity index (χ0n) is 19.1. The van der Waals surface area contributed by atoms with Crippen molar-refractivity contribution in [2.75, 3.05) is 38.5 Å². The highest BCUT2D eigenvalue weighted by molar-refractivity contribution is 7.06. The summed E-state index contributed by atoms with van der Waals surface area (Å²) in [6, 6.07) is 6.68. The number of hydrogen-bond donors (Lipinski definition) is 1. The molecule has 0 saturated carbocycles. The van der Waals surface area contributed by atoms with Crippen LogP contribution in [0.2, 0.25) is 0 Å². The number of likely N-dealkylation sites (N-methyl/N-ethyl adjacent to an activating group) is 1. The first-order valence-corrected chi connectivity index (χ1v) is 11.6. The van der Waals surface area contributed by atoms with Gasteiger partial charge in [0, 0.05) is 54.9 Å². The molecule has 3 heterocycles. The van der Waals surface area contributed by atoms with Crippen LogP contribution < -0.4 is 5.32 Å². The number of rotatable bonds is 5. The van der Waals surface area contributed by atoms with Crippen molar-refractivity contribution in [3.63, 3.8) is 0 Å². The molecular formula is C23H23F3N6O2S. The first-order chi connectivity index (χ1) is 16.6. The van der Waals surface area contributed by atoms with E-state index in [4.69, 9.17) is 0 Å². The summed E-state index contributed by atoms with van der Waals surface area (Å²) in [5.41, 5.74) is 1.12. The van der Waals surface area contributed by atoms with Crippen LogP contribution in [0.1, 0.15) is 42.7 Å². The third kappa shape index (κ3) is 5.82. The van der Waals surface area contributed by atoms with E-state index in [1.54, 1.807) is 31.2 Å². The standard InChI is InChI=1S/C23H23F3N6O2S/c1-14-20(18(35-30-14)11-17-12-28-19(13-27-17)23(24,25)26)21(33)29-16-5-3-15(4-6-16)22(34)32-9-7-31(2)8-10-32/h3-6,12-13H,7-11H2,1-2H3,(H,29,33). The smallest absolute Gasteiger partial charge is 0.336 e. The van der Waals surface area contributed by atoms with Crippen LogP contribution in [-0.4, -0.2) is 69.2 Å². The van der Waals surface area contributed by atoms with Gasteiger partial charge >= 0.3 is 6.18 Å². The van der Waals surface area contributed by atoms with Crippen LogP contribution in [0.25, 0.3) is 0 Å². The number of hydrogen-bond acceptors (Lipinski definition) is 7. The third-order valence-corrected chi connectivity index (χ3v) is 6.61. The Labute approximate surface area is 204 Å². The molecule has 1 aliphatic heterocycles. The van der Waals surface area contributed by atoms with Crippen molar-refractivity contribution in [1.29, 1.82) is 0 Å². The van der Waals surface area contributed by atoms with Gasteiger partial charge in [0.1, 0.15) is 0 Å². The maximum atomic E-state index is 13.0. The van der Waals surface area contributed by atoms with Gasteiger partial charge in [-0.3, -0.25) is 14.6 Å². The number of amides is 2. The van der Waals surface area contributed by atoms with Gasteiger partial charge in [-0.1, -0.05) is 0 Å². The van der Waals surface area contributed by atoms with Crippen LogP contribution >= 0.6 is 11.5 Å². The Hall–Kier alpha value is -3.38. The molecule has 35 heavy (non-hydrogen) atoms. The topological polar surface area (TPSA) is 91.3 Å². The molecule has 0 atom stereocenters. The molecule has 2 aromatic heterocycles. The van der Waals surface area contributed by atoms with Gasteiger partial charge in [-0.25, -0.2) is 4.98 Å². The van der Waals surface area contributed by atoms with Gasteiger partial charge < -0.3 is 15.1 Å². The molecule has 1 aromatic carbocycles. The van der Waals surface area contributed by atoms with Gasteiger partial charge in [-0.2, -0.15) is 17.5 Å². The molecule has 4 rings (SSSR count). The van der Waals surface area contributed by atoms with E-state index in [0.717, 1.165) is 30.8 Å². The highest BCUT2D eigenvalue weighted by Gasteiger charge is 2.32. The second kappa shape index (κ2) is 10.1. The molecule has 0 aliphatic carbocycles. The van der Waals surface area contributed by atoms with Crippen molar-refractivity contribution < 1.29 is 22.8 Å². The van der Waals surface area contributed by atoms with Crippen molar-refractivity contribution >= 4 is 29.0 Å². The van der Waals surface area contributed by atoms with Gasteiger partial charge in [-0.05, 0) is 49.8 Å². The predicted molar refractivity (Wildman–Crippen MR) is 124 cm³/mol. The Balaban J connectivity index is 1.43. The van der Waals surface area contributed by atoms with Gasteiger partial charge in [0.25, 0.3) is 11.8 Å². The summed E-state index contributed by atoms with van der Waals surface area (Å²) >= 11 is 1.09. The van der Waals surface area contributed by atoms with E-state index in [9.17, 15) is 22.8 Å². The van der Waals surface area contributed by atoms with Gasteiger partial charge in [0.15, 0.2) is 5.69 Å². The lowest BCUT2D eigenvalue weighted by Crippen LogP contribution is -2.47. The lowest BCUT2D eigenvalue weighted by Gasteiger charge is -2.32. The maximum Gasteiger partial charge on any atom is 0.434 e. The molecule has 0 bridgehead atoms. The average Bonchev–Trinajstić information content (AvgIpc) is 3.19. The Kier molecular flexibility index (Phi) is 7.13. The first kappa shape index (κ1) is 24.7. The lowest BCUT2D eigenvalue weighted by molar-refractivity contribution is -0.141. The number of anilines is 1. The largest absolute Gasteiger partial charge is 0.434 e. The zero-order chi connectivity index (χ0) is 25.2. The number of halogens is 3. The Morgan fingerprint density at radius 3 is 2.34 bits per heavy atom. The second-order valence-electron chi connectivity index (χ2n) is 8.26. The minimum Gasteiger partial charge on any atom is -0.336 e. The minimum atomic E-state index is -4.57. The maximum absolute atomic E-state index is 13.0. The van der Waals surface area contributed by atoms with Crippen LogP contribution in [0.5, 0.6) is 0 Å². The quantitative estimate of drug-likeness (QED) is 0.572. The van der Waals surface area contributed by atoms with Gasteiger partial charge in [0.2, 0.25) is 0 Å². The summed E-state index contributed by atoms with van der Waals surface area (Å²) in [5, 5.41) is 2.80. The number of piperazine rings is 1. The second-order valence-corrected chi connectivity index (χ2v) is 9.12. The van der Waals surface area contributed by atoms with Crippen LogP contribution in [0.4, 0.5) is 18.9 Å². The van der Waals surface area contributed by atoms with Gasteiger partial charge in [0.05, 0.1) is 23.1 Å². The fraction of sp³-hybridized carbons (Fsp3) is 0.348. The summed E-state index contributed by atoms with van der Waals surface area (Å²) in [7, 11) is 2.02. The average molecular weight is 505 g/mol. The number of carbonyl (C=O) groups is 2. The zero-order valence-corrected chi connectivity index (χ0v) is 19.9. The molecule has 1 N–H and O–H groups in total. The Bertz CT molecular complexity index is 1200. The molecule has 0 radical (unpaired) electrons. The summed E-state index contributed by atoms with van der Waals surface area (Å²) < 4.78 is 42.4. The molecular weight excluding hydrogens is 481 g/mol. The molecule has 0 spiro atoms. The third-order valence-electron chi connectivity index (χ3n) is 5.68. The fourth-order valence-electron chi connectivity index (χ4n) is 3.67. The Morgan fingerprint density at radius 1 is 1.06 bits per heavy atom. The molecule has 2 amide bonds. The SMILES string of the molecule is Cc1nsc(Cc2cnc(C(F)(F)F)cn2)c1C(=O)Nc1ccc(C(=O)N2CCN(C)CC2)cc1. The molecule has 184 valence electrons. The van der Waals surface area contributed by atoms with E-state index in [1.165, 1.54) is 0 Å². The highest BCUT2D eigenvalue weighted by Crippen LogP contribution is 2.27.